The third kappa shape index (κ3) is 3.76. The van der Waals surface area contributed by atoms with Crippen molar-refractivity contribution < 1.29 is 0 Å². The maximum Gasteiger partial charge on any atom is 0.0412 e. The third-order valence-electron chi connectivity index (χ3n) is 4.57. The van der Waals surface area contributed by atoms with E-state index in [0.717, 1.165) is 19.0 Å². The van der Waals surface area contributed by atoms with Crippen LogP contribution in [-0.4, -0.2) is 18.6 Å². The summed E-state index contributed by atoms with van der Waals surface area (Å²) in [5.41, 5.74) is 3.09. The van der Waals surface area contributed by atoms with Crippen molar-refractivity contribution in [3.8, 4) is 0 Å². The van der Waals surface area contributed by atoms with Gasteiger partial charge in [0.05, 0.1) is 0 Å². The molecule has 20 heavy (non-hydrogen) atoms. The molecule has 0 fully saturated rings. The Hall–Kier alpha value is -1.02. The standard InChI is InChI=1S/C18H30N2/c1-5-18(4)14-20(12-8-9-15(2)3)17-11-7-6-10-16(17)13-19-18/h6-7,10-11,15,19H,5,8-9,12-14H2,1-4H3. The first-order chi connectivity index (χ1) is 9.54. The molecular weight excluding hydrogens is 244 g/mol. The molecule has 1 aliphatic rings. The first kappa shape index (κ1) is 15.4. The zero-order chi connectivity index (χ0) is 14.6. The Bertz CT molecular complexity index is 427. The molecule has 1 N–H and O–H groups in total. The van der Waals surface area contributed by atoms with Gasteiger partial charge in [-0.2, -0.15) is 0 Å². The summed E-state index contributed by atoms with van der Waals surface area (Å²) in [7, 11) is 0. The van der Waals surface area contributed by atoms with Crippen molar-refractivity contribution in [2.75, 3.05) is 18.0 Å². The molecule has 1 unspecified atom stereocenters. The van der Waals surface area contributed by atoms with Crippen LogP contribution < -0.4 is 10.2 Å². The van der Waals surface area contributed by atoms with Crippen LogP contribution in [0.15, 0.2) is 24.3 Å². The third-order valence-corrected chi connectivity index (χ3v) is 4.57. The smallest absolute Gasteiger partial charge is 0.0412 e. The number of fused-ring (bicyclic) bond motifs is 1. The van der Waals surface area contributed by atoms with Crippen molar-refractivity contribution in [1.82, 2.24) is 5.32 Å². The molecule has 1 aromatic rings. The van der Waals surface area contributed by atoms with E-state index in [-0.39, 0.29) is 5.54 Å². The van der Waals surface area contributed by atoms with Gasteiger partial charge in [-0.05, 0) is 43.7 Å². The number of para-hydroxylation sites is 1. The summed E-state index contributed by atoms with van der Waals surface area (Å²) < 4.78 is 0. The topological polar surface area (TPSA) is 15.3 Å². The highest BCUT2D eigenvalue weighted by atomic mass is 15.2. The molecule has 0 saturated heterocycles. The van der Waals surface area contributed by atoms with Crippen LogP contribution in [0.1, 0.15) is 52.5 Å². The molecule has 1 atom stereocenters. The van der Waals surface area contributed by atoms with Crippen molar-refractivity contribution in [2.45, 2.75) is 59.0 Å². The summed E-state index contributed by atoms with van der Waals surface area (Å²) in [5, 5.41) is 3.75. The number of benzene rings is 1. The molecule has 1 heterocycles. The van der Waals surface area contributed by atoms with Gasteiger partial charge in [-0.15, -0.1) is 0 Å². The molecule has 1 aromatic carbocycles. The van der Waals surface area contributed by atoms with Gasteiger partial charge in [0.2, 0.25) is 0 Å². The van der Waals surface area contributed by atoms with Gasteiger partial charge in [-0.1, -0.05) is 39.0 Å². The summed E-state index contributed by atoms with van der Waals surface area (Å²) in [5.74, 6) is 0.799. The number of anilines is 1. The molecule has 0 amide bonds. The minimum Gasteiger partial charge on any atom is -0.369 e. The van der Waals surface area contributed by atoms with E-state index >= 15 is 0 Å². The molecule has 0 radical (unpaired) electrons. The van der Waals surface area contributed by atoms with Crippen LogP contribution in [0.4, 0.5) is 5.69 Å². The quantitative estimate of drug-likeness (QED) is 0.865. The lowest BCUT2D eigenvalue weighted by molar-refractivity contribution is 0.348. The van der Waals surface area contributed by atoms with Gasteiger partial charge >= 0.3 is 0 Å². The lowest BCUT2D eigenvalue weighted by Gasteiger charge is -2.34. The highest BCUT2D eigenvalue weighted by Crippen LogP contribution is 2.28. The minimum absolute atomic E-state index is 0.219. The lowest BCUT2D eigenvalue weighted by atomic mass is 9.98. The van der Waals surface area contributed by atoms with E-state index < -0.39 is 0 Å². The number of nitrogens with zero attached hydrogens (tertiary/aromatic N) is 1. The maximum atomic E-state index is 3.75. The van der Waals surface area contributed by atoms with Crippen molar-refractivity contribution in [3.05, 3.63) is 29.8 Å². The van der Waals surface area contributed by atoms with Gasteiger partial charge < -0.3 is 10.2 Å². The molecule has 0 spiro atoms. The van der Waals surface area contributed by atoms with E-state index in [4.69, 9.17) is 0 Å². The van der Waals surface area contributed by atoms with E-state index in [2.05, 4.69) is 62.2 Å². The Morgan fingerprint density at radius 2 is 2.05 bits per heavy atom. The number of nitrogens with one attached hydrogen (secondary N) is 1. The summed E-state index contributed by atoms with van der Waals surface area (Å²) in [6.07, 6.45) is 3.77. The molecule has 0 aliphatic carbocycles. The monoisotopic (exact) mass is 274 g/mol. The summed E-state index contributed by atoms with van der Waals surface area (Å²) >= 11 is 0. The average Bonchev–Trinajstić information content (AvgIpc) is 2.57. The minimum atomic E-state index is 0.219. The number of hydrogen-bond acceptors (Lipinski definition) is 2. The zero-order valence-corrected chi connectivity index (χ0v) is 13.6. The second-order valence-corrected chi connectivity index (χ2v) is 6.85. The molecule has 0 saturated carbocycles. The summed E-state index contributed by atoms with van der Waals surface area (Å²) in [6, 6.07) is 8.87. The van der Waals surface area contributed by atoms with Crippen LogP contribution >= 0.6 is 0 Å². The normalized spacial score (nSPS) is 22.8. The van der Waals surface area contributed by atoms with E-state index in [9.17, 15) is 0 Å². The van der Waals surface area contributed by atoms with Crippen LogP contribution in [0.5, 0.6) is 0 Å². The average molecular weight is 274 g/mol. The fourth-order valence-corrected chi connectivity index (χ4v) is 2.97. The second-order valence-electron chi connectivity index (χ2n) is 6.85. The van der Waals surface area contributed by atoms with Crippen molar-refractivity contribution in [1.29, 1.82) is 0 Å². The van der Waals surface area contributed by atoms with Gasteiger partial charge in [0, 0.05) is 30.9 Å². The molecule has 2 nitrogen and oxygen atoms in total. The van der Waals surface area contributed by atoms with E-state index in [1.807, 2.05) is 0 Å². The molecule has 0 aromatic heterocycles. The van der Waals surface area contributed by atoms with Gasteiger partial charge in [0.15, 0.2) is 0 Å². The first-order valence-electron chi connectivity index (χ1n) is 8.12. The Kier molecular flexibility index (Phi) is 5.09. The molecule has 0 bridgehead atoms. The van der Waals surface area contributed by atoms with Crippen LogP contribution in [-0.2, 0) is 6.54 Å². The van der Waals surface area contributed by atoms with Crippen molar-refractivity contribution >= 4 is 5.69 Å². The number of rotatable bonds is 5. The Morgan fingerprint density at radius 1 is 1.30 bits per heavy atom. The maximum absolute atomic E-state index is 3.75. The van der Waals surface area contributed by atoms with Crippen LogP contribution in [0, 0.1) is 5.92 Å². The predicted octanol–water partition coefficient (Wildman–Crippen LogP) is 4.20. The van der Waals surface area contributed by atoms with Gasteiger partial charge in [0.1, 0.15) is 0 Å². The fourth-order valence-electron chi connectivity index (χ4n) is 2.97. The van der Waals surface area contributed by atoms with E-state index in [1.165, 1.54) is 37.1 Å². The van der Waals surface area contributed by atoms with E-state index in [1.54, 1.807) is 0 Å². The van der Waals surface area contributed by atoms with Crippen LogP contribution in [0.3, 0.4) is 0 Å². The first-order valence-corrected chi connectivity index (χ1v) is 8.12. The summed E-state index contributed by atoms with van der Waals surface area (Å²) in [6.45, 7) is 12.5. The second kappa shape index (κ2) is 6.62. The fraction of sp³-hybridized carbons (Fsp3) is 0.667. The van der Waals surface area contributed by atoms with Crippen molar-refractivity contribution in [3.63, 3.8) is 0 Å². The Balaban J connectivity index is 2.15. The summed E-state index contributed by atoms with van der Waals surface area (Å²) in [4.78, 5) is 2.60. The highest BCUT2D eigenvalue weighted by molar-refractivity contribution is 5.55. The predicted molar refractivity (Wildman–Crippen MR) is 88.3 cm³/mol. The molecule has 2 rings (SSSR count). The largest absolute Gasteiger partial charge is 0.369 e. The molecular formula is C18H30N2. The molecule has 112 valence electrons. The molecule has 2 heteroatoms. The van der Waals surface area contributed by atoms with E-state index in [0.29, 0.717) is 0 Å². The highest BCUT2D eigenvalue weighted by Gasteiger charge is 2.28. The zero-order valence-electron chi connectivity index (χ0n) is 13.6. The number of hydrogen-bond donors (Lipinski definition) is 1. The SMILES string of the molecule is CCC1(C)CN(CCCC(C)C)c2ccccc2CN1. The Morgan fingerprint density at radius 3 is 2.75 bits per heavy atom. The van der Waals surface area contributed by atoms with Crippen LogP contribution in [0.2, 0.25) is 0 Å². The van der Waals surface area contributed by atoms with Gasteiger partial charge in [-0.25, -0.2) is 0 Å². The molecule has 1 aliphatic heterocycles. The Labute approximate surface area is 124 Å². The lowest BCUT2D eigenvalue weighted by Crippen LogP contribution is -2.49. The van der Waals surface area contributed by atoms with Gasteiger partial charge in [-0.3, -0.25) is 0 Å². The van der Waals surface area contributed by atoms with Gasteiger partial charge in [0.25, 0.3) is 0 Å². The van der Waals surface area contributed by atoms with Crippen LogP contribution in [0.25, 0.3) is 0 Å². The van der Waals surface area contributed by atoms with Crippen molar-refractivity contribution in [2.24, 2.45) is 5.92 Å².